The first kappa shape index (κ1) is 53.5. The smallest absolute Gasteiger partial charge is 0.343 e. The molecular weight excluding hydrogens is 777 g/mol. The van der Waals surface area contributed by atoms with E-state index in [-0.39, 0.29) is 5.78 Å². The number of allylic oxidation sites excluding steroid dienone is 1. The maximum Gasteiger partial charge on any atom is 0.343 e. The molecule has 0 amide bonds. The highest BCUT2D eigenvalue weighted by Gasteiger charge is 2.10. The minimum absolute atomic E-state index is 0.119. The minimum atomic E-state index is -0.448. The van der Waals surface area contributed by atoms with Gasteiger partial charge in [0, 0.05) is 5.56 Å². The van der Waals surface area contributed by atoms with E-state index >= 15 is 0 Å². The quantitative estimate of drug-likeness (QED) is 0.0187. The predicted molar refractivity (Wildman–Crippen MR) is 268 cm³/mol. The van der Waals surface area contributed by atoms with Crippen LogP contribution in [0.1, 0.15) is 246 Å². The molecule has 3 rings (SSSR count). The zero-order valence-corrected chi connectivity index (χ0v) is 40.2. The Labute approximate surface area is 385 Å². The fourth-order valence-electron chi connectivity index (χ4n) is 8.16. The van der Waals surface area contributed by atoms with Crippen LogP contribution >= 0.6 is 0 Å². The maximum absolute atomic E-state index is 12.9. The Hall–Kier alpha value is -3.86. The fourth-order valence-corrected chi connectivity index (χ4v) is 8.16. The molecule has 0 aliphatic heterocycles. The monoisotopic (exact) mass is 865 g/mol. The normalized spacial score (nSPS) is 11.3. The van der Waals surface area contributed by atoms with Gasteiger partial charge < -0.3 is 14.2 Å². The zero-order chi connectivity index (χ0) is 44.7. The van der Waals surface area contributed by atoms with Crippen molar-refractivity contribution in [2.75, 3.05) is 13.2 Å². The molecule has 0 unspecified atom stereocenters. The molecule has 5 heteroatoms. The first-order chi connectivity index (χ1) is 31.1. The molecule has 0 radical (unpaired) electrons. The van der Waals surface area contributed by atoms with Crippen molar-refractivity contribution < 1.29 is 23.8 Å². The number of hydrogen-bond acceptors (Lipinski definition) is 5. The van der Waals surface area contributed by atoms with Gasteiger partial charge in [0.25, 0.3) is 0 Å². The summed E-state index contributed by atoms with van der Waals surface area (Å²) in [6.07, 6.45) is 46.8. The molecule has 3 aromatic carbocycles. The van der Waals surface area contributed by atoms with Gasteiger partial charge in [0.2, 0.25) is 0 Å². The predicted octanol–water partition coefficient (Wildman–Crippen LogP) is 18.1. The highest BCUT2D eigenvalue weighted by atomic mass is 16.5. The van der Waals surface area contributed by atoms with E-state index in [1.807, 2.05) is 42.5 Å². The molecule has 0 saturated carbocycles. The van der Waals surface area contributed by atoms with Crippen LogP contribution in [0.2, 0.25) is 0 Å². The van der Waals surface area contributed by atoms with Gasteiger partial charge in [-0.3, -0.25) is 4.79 Å². The summed E-state index contributed by atoms with van der Waals surface area (Å²) in [5.41, 5.74) is 1.90. The fraction of sp³-hybridized carbons (Fsp3) is 0.621. The van der Waals surface area contributed by atoms with Crippen LogP contribution in [-0.2, 0) is 0 Å². The van der Waals surface area contributed by atoms with E-state index < -0.39 is 5.97 Å². The Balaban J connectivity index is 1.17. The molecule has 0 aromatic heterocycles. The Bertz CT molecular complexity index is 1560. The number of esters is 1. The lowest BCUT2D eigenvalue weighted by Crippen LogP contribution is -2.08. The van der Waals surface area contributed by atoms with E-state index in [0.29, 0.717) is 23.5 Å². The van der Waals surface area contributed by atoms with Crippen LogP contribution in [0, 0.1) is 0 Å². The molecule has 3 aromatic rings. The van der Waals surface area contributed by atoms with E-state index in [1.165, 1.54) is 193 Å². The minimum Gasteiger partial charge on any atom is -0.494 e. The van der Waals surface area contributed by atoms with Crippen molar-refractivity contribution in [3.63, 3.8) is 0 Å². The molecule has 0 aliphatic carbocycles. The second-order valence-corrected chi connectivity index (χ2v) is 18.0. The number of carbonyl (C=O) groups excluding carboxylic acids is 2. The SMILES string of the molecule is CCCCCCCCCCCCCCCCCCOc1ccc(/C=C/C(=O)c2ccc(OC(=O)c3ccc(OCCCCCCCCCCCCCCCCCC)cc3)cc2)cc1. The summed E-state index contributed by atoms with van der Waals surface area (Å²) in [5.74, 6) is 1.44. The number of rotatable bonds is 41. The number of benzene rings is 3. The van der Waals surface area contributed by atoms with Gasteiger partial charge in [0.1, 0.15) is 17.2 Å². The third kappa shape index (κ3) is 27.8. The van der Waals surface area contributed by atoms with Crippen LogP contribution in [0.3, 0.4) is 0 Å². The summed E-state index contributed by atoms with van der Waals surface area (Å²) >= 11 is 0. The summed E-state index contributed by atoms with van der Waals surface area (Å²) in [5, 5.41) is 0. The Morgan fingerprint density at radius 1 is 0.365 bits per heavy atom. The van der Waals surface area contributed by atoms with Gasteiger partial charge in [-0.25, -0.2) is 4.79 Å². The number of unbranched alkanes of at least 4 members (excludes halogenated alkanes) is 30. The second kappa shape index (κ2) is 37.5. The first-order valence-corrected chi connectivity index (χ1v) is 26.1. The van der Waals surface area contributed by atoms with E-state index in [0.717, 1.165) is 36.5 Å². The van der Waals surface area contributed by atoms with E-state index in [1.54, 1.807) is 42.5 Å². The molecule has 0 heterocycles. The Morgan fingerprint density at radius 3 is 1.03 bits per heavy atom. The van der Waals surface area contributed by atoms with Crippen LogP contribution in [0.5, 0.6) is 17.2 Å². The summed E-state index contributed by atoms with van der Waals surface area (Å²) in [7, 11) is 0. The molecule has 0 spiro atoms. The van der Waals surface area contributed by atoms with Crippen molar-refractivity contribution in [2.24, 2.45) is 0 Å². The molecule has 350 valence electrons. The van der Waals surface area contributed by atoms with Crippen LogP contribution in [0.15, 0.2) is 78.9 Å². The first-order valence-electron chi connectivity index (χ1n) is 26.1. The van der Waals surface area contributed by atoms with Crippen molar-refractivity contribution in [1.82, 2.24) is 0 Å². The van der Waals surface area contributed by atoms with Crippen molar-refractivity contribution in [3.05, 3.63) is 95.6 Å². The Kier molecular flexibility index (Phi) is 31.8. The van der Waals surface area contributed by atoms with Gasteiger partial charge >= 0.3 is 5.97 Å². The Morgan fingerprint density at radius 2 is 0.667 bits per heavy atom. The zero-order valence-electron chi connectivity index (χ0n) is 40.2. The molecular formula is C58H88O5. The third-order valence-electron chi connectivity index (χ3n) is 12.3. The van der Waals surface area contributed by atoms with Gasteiger partial charge in [0.05, 0.1) is 18.8 Å². The summed E-state index contributed by atoms with van der Waals surface area (Å²) in [6.45, 7) is 5.99. The van der Waals surface area contributed by atoms with Crippen LogP contribution in [0.4, 0.5) is 0 Å². The lowest BCUT2D eigenvalue weighted by atomic mass is 10.0. The van der Waals surface area contributed by atoms with E-state index in [9.17, 15) is 9.59 Å². The van der Waals surface area contributed by atoms with Crippen molar-refractivity contribution in [2.45, 2.75) is 219 Å². The molecule has 0 fully saturated rings. The van der Waals surface area contributed by atoms with Crippen molar-refractivity contribution in [3.8, 4) is 17.2 Å². The number of ether oxygens (including phenoxy) is 3. The topological polar surface area (TPSA) is 61.8 Å². The van der Waals surface area contributed by atoms with Crippen LogP contribution in [-0.4, -0.2) is 25.0 Å². The van der Waals surface area contributed by atoms with Crippen molar-refractivity contribution in [1.29, 1.82) is 0 Å². The maximum atomic E-state index is 12.9. The highest BCUT2D eigenvalue weighted by Crippen LogP contribution is 2.20. The molecule has 0 atom stereocenters. The van der Waals surface area contributed by atoms with Crippen LogP contribution in [0.25, 0.3) is 6.08 Å². The lowest BCUT2D eigenvalue weighted by molar-refractivity contribution is 0.0734. The van der Waals surface area contributed by atoms with E-state index in [4.69, 9.17) is 14.2 Å². The summed E-state index contributed by atoms with van der Waals surface area (Å²) in [4.78, 5) is 25.7. The lowest BCUT2D eigenvalue weighted by Gasteiger charge is -2.08. The van der Waals surface area contributed by atoms with Gasteiger partial charge in [-0.15, -0.1) is 0 Å². The molecule has 0 saturated heterocycles. The molecule has 0 aliphatic rings. The standard InChI is InChI=1S/C58H88O5/c1-3-5-7-9-11-13-15-17-19-21-23-25-27-29-31-33-49-61-54-42-35-51(36-43-54)37-48-57(59)52-38-46-56(47-39-52)63-58(60)53-40-44-55(45-41-53)62-50-34-32-30-28-26-24-22-20-18-16-14-12-10-8-6-4-2/h35-48H,3-34,49-50H2,1-2H3/b48-37+. The van der Waals surface area contributed by atoms with Crippen molar-refractivity contribution >= 4 is 17.8 Å². The average molecular weight is 865 g/mol. The molecule has 5 nitrogen and oxygen atoms in total. The largest absolute Gasteiger partial charge is 0.494 e. The van der Waals surface area contributed by atoms with Gasteiger partial charge in [0.15, 0.2) is 5.78 Å². The molecule has 0 N–H and O–H groups in total. The third-order valence-corrected chi connectivity index (χ3v) is 12.3. The highest BCUT2D eigenvalue weighted by molar-refractivity contribution is 6.06. The summed E-state index contributed by atoms with van der Waals surface area (Å²) in [6, 6.07) is 21.6. The van der Waals surface area contributed by atoms with Gasteiger partial charge in [-0.05, 0) is 85.1 Å². The van der Waals surface area contributed by atoms with E-state index in [2.05, 4.69) is 13.8 Å². The molecule has 0 bridgehead atoms. The van der Waals surface area contributed by atoms with Gasteiger partial charge in [-0.2, -0.15) is 0 Å². The molecule has 63 heavy (non-hydrogen) atoms. The number of ketones is 1. The number of hydrogen-bond donors (Lipinski definition) is 0. The summed E-state index contributed by atoms with van der Waals surface area (Å²) < 4.78 is 17.5. The van der Waals surface area contributed by atoms with Gasteiger partial charge in [-0.1, -0.05) is 225 Å². The van der Waals surface area contributed by atoms with Crippen LogP contribution < -0.4 is 14.2 Å². The number of carbonyl (C=O) groups is 2. The second-order valence-electron chi connectivity index (χ2n) is 18.0. The average Bonchev–Trinajstić information content (AvgIpc) is 3.31.